The van der Waals surface area contributed by atoms with E-state index in [-0.39, 0.29) is 5.41 Å². The zero-order chi connectivity index (χ0) is 39.8. The van der Waals surface area contributed by atoms with Crippen molar-refractivity contribution in [3.8, 4) is 22.3 Å². The van der Waals surface area contributed by atoms with E-state index in [4.69, 9.17) is 0 Å². The molecule has 1 unspecified atom stereocenters. The molecule has 60 heavy (non-hydrogen) atoms. The monoisotopic (exact) mass is 763 g/mol. The van der Waals surface area contributed by atoms with Gasteiger partial charge < -0.3 is 4.90 Å². The molecule has 2 aliphatic carbocycles. The number of nitrogens with zero attached hydrogens (tertiary/aromatic N) is 1. The SMILES string of the molecule is CC1(c2ccccc2)c2ccccc2-c2c(N(c3ccc4c(c3)C(c3ccccc3)(c3ccccc3)c3ccccc3-4)c3cc4ccccc4c4ccccc34)cccc21. The van der Waals surface area contributed by atoms with Gasteiger partial charge in [-0.2, -0.15) is 0 Å². The zero-order valence-corrected chi connectivity index (χ0v) is 33.4. The molecule has 1 heteroatoms. The third-order valence-corrected chi connectivity index (χ3v) is 13.6. The van der Waals surface area contributed by atoms with E-state index in [1.807, 2.05) is 0 Å². The highest BCUT2D eigenvalue weighted by atomic mass is 15.1. The molecule has 0 radical (unpaired) electrons. The van der Waals surface area contributed by atoms with E-state index in [1.165, 1.54) is 88.4 Å². The lowest BCUT2D eigenvalue weighted by Crippen LogP contribution is -2.28. The molecule has 0 aliphatic heterocycles. The lowest BCUT2D eigenvalue weighted by Gasteiger charge is -2.35. The zero-order valence-electron chi connectivity index (χ0n) is 33.4. The van der Waals surface area contributed by atoms with Crippen LogP contribution in [0.5, 0.6) is 0 Å². The van der Waals surface area contributed by atoms with Gasteiger partial charge in [0.25, 0.3) is 0 Å². The first-order valence-corrected chi connectivity index (χ1v) is 21.0. The maximum absolute atomic E-state index is 2.57. The van der Waals surface area contributed by atoms with Crippen LogP contribution in [0.25, 0.3) is 43.8 Å². The highest BCUT2D eigenvalue weighted by molar-refractivity contribution is 6.15. The van der Waals surface area contributed by atoms with Crippen molar-refractivity contribution in [3.63, 3.8) is 0 Å². The van der Waals surface area contributed by atoms with Gasteiger partial charge in [0.05, 0.1) is 16.8 Å². The molecule has 0 fully saturated rings. The first-order valence-electron chi connectivity index (χ1n) is 21.0. The van der Waals surface area contributed by atoms with E-state index < -0.39 is 5.41 Å². The lowest BCUT2D eigenvalue weighted by atomic mass is 9.67. The molecule has 2 aliphatic rings. The second kappa shape index (κ2) is 13.3. The summed E-state index contributed by atoms with van der Waals surface area (Å²) >= 11 is 0. The summed E-state index contributed by atoms with van der Waals surface area (Å²) < 4.78 is 0. The van der Waals surface area contributed by atoms with Crippen molar-refractivity contribution < 1.29 is 0 Å². The van der Waals surface area contributed by atoms with Crippen LogP contribution < -0.4 is 4.90 Å². The fourth-order valence-corrected chi connectivity index (χ4v) is 11.0. The van der Waals surface area contributed by atoms with Crippen molar-refractivity contribution in [2.75, 3.05) is 4.90 Å². The normalized spacial score (nSPS) is 15.6. The molecular formula is C59H41N. The molecule has 12 rings (SSSR count). The Morgan fingerprint density at radius 2 is 0.867 bits per heavy atom. The van der Waals surface area contributed by atoms with Crippen molar-refractivity contribution in [3.05, 3.63) is 269 Å². The number of anilines is 3. The summed E-state index contributed by atoms with van der Waals surface area (Å²) in [5.41, 5.74) is 16.7. The second-order valence-corrected chi connectivity index (χ2v) is 16.5. The molecule has 0 aromatic heterocycles. The fourth-order valence-electron chi connectivity index (χ4n) is 11.0. The Kier molecular flexibility index (Phi) is 7.65. The fraction of sp³-hybridized carbons (Fsp3) is 0.0508. The predicted molar refractivity (Wildman–Crippen MR) is 251 cm³/mol. The Morgan fingerprint density at radius 1 is 0.333 bits per heavy atom. The molecule has 0 bridgehead atoms. The molecule has 1 atom stereocenters. The molecule has 1 nitrogen and oxygen atoms in total. The van der Waals surface area contributed by atoms with Crippen molar-refractivity contribution >= 4 is 38.6 Å². The van der Waals surface area contributed by atoms with Gasteiger partial charge in [0.1, 0.15) is 0 Å². The van der Waals surface area contributed by atoms with E-state index in [2.05, 4.69) is 242 Å². The van der Waals surface area contributed by atoms with Gasteiger partial charge in [-0.05, 0) is 103 Å². The van der Waals surface area contributed by atoms with Crippen LogP contribution in [0.15, 0.2) is 231 Å². The van der Waals surface area contributed by atoms with Crippen LogP contribution >= 0.6 is 0 Å². The third-order valence-electron chi connectivity index (χ3n) is 13.6. The summed E-state index contributed by atoms with van der Waals surface area (Å²) in [6.07, 6.45) is 0. The Hall–Kier alpha value is -7.48. The molecular weight excluding hydrogens is 723 g/mol. The standard InChI is InChI=1S/C59H41N/c1-58(41-21-5-2-6-22-41)51-32-17-16-31-50(51)57-53(58)34-19-35-55(57)60(56-38-40-20-11-12-27-45(40)46-28-13-14-30-49(46)56)44-36-37-48-47-29-15-18-33-52(47)59(54(48)39-44,42-23-7-3-8-24-42)43-25-9-4-10-26-43/h2-39H,1H3. The largest absolute Gasteiger partial charge is 0.309 e. The minimum atomic E-state index is -0.529. The Bertz CT molecular complexity index is 3240. The molecule has 0 saturated heterocycles. The van der Waals surface area contributed by atoms with Crippen LogP contribution in [0.4, 0.5) is 17.1 Å². The van der Waals surface area contributed by atoms with Gasteiger partial charge in [-0.25, -0.2) is 0 Å². The Morgan fingerprint density at radius 3 is 1.58 bits per heavy atom. The van der Waals surface area contributed by atoms with Crippen molar-refractivity contribution in [1.29, 1.82) is 0 Å². The van der Waals surface area contributed by atoms with Crippen LogP contribution in [0.2, 0.25) is 0 Å². The van der Waals surface area contributed by atoms with Gasteiger partial charge in [0, 0.05) is 22.1 Å². The summed E-state index contributed by atoms with van der Waals surface area (Å²) in [5, 5.41) is 4.93. The van der Waals surface area contributed by atoms with E-state index in [0.29, 0.717) is 0 Å². The van der Waals surface area contributed by atoms with E-state index >= 15 is 0 Å². The van der Waals surface area contributed by atoms with Gasteiger partial charge >= 0.3 is 0 Å². The van der Waals surface area contributed by atoms with E-state index in [1.54, 1.807) is 0 Å². The number of benzene rings is 10. The number of fused-ring (bicyclic) bond motifs is 9. The summed E-state index contributed by atoms with van der Waals surface area (Å²) in [4.78, 5) is 2.57. The van der Waals surface area contributed by atoms with Crippen LogP contribution in [-0.2, 0) is 10.8 Å². The van der Waals surface area contributed by atoms with Gasteiger partial charge in [0.2, 0.25) is 0 Å². The summed E-state index contributed by atoms with van der Waals surface area (Å²) in [7, 11) is 0. The summed E-state index contributed by atoms with van der Waals surface area (Å²) in [6.45, 7) is 2.41. The van der Waals surface area contributed by atoms with Gasteiger partial charge in [-0.3, -0.25) is 0 Å². The maximum Gasteiger partial charge on any atom is 0.0714 e. The van der Waals surface area contributed by atoms with E-state index in [9.17, 15) is 0 Å². The van der Waals surface area contributed by atoms with Crippen LogP contribution in [0.3, 0.4) is 0 Å². The van der Waals surface area contributed by atoms with Crippen LogP contribution in [-0.4, -0.2) is 0 Å². The maximum atomic E-state index is 2.57. The molecule has 10 aromatic rings. The first kappa shape index (κ1) is 34.6. The first-order chi connectivity index (χ1) is 29.7. The van der Waals surface area contributed by atoms with Gasteiger partial charge in [-0.15, -0.1) is 0 Å². The highest BCUT2D eigenvalue weighted by Gasteiger charge is 2.47. The van der Waals surface area contributed by atoms with Gasteiger partial charge in [0.15, 0.2) is 0 Å². The quantitative estimate of drug-likeness (QED) is 0.152. The van der Waals surface area contributed by atoms with Crippen molar-refractivity contribution in [2.24, 2.45) is 0 Å². The topological polar surface area (TPSA) is 3.24 Å². The molecule has 0 saturated carbocycles. The average molecular weight is 764 g/mol. The van der Waals surface area contributed by atoms with Crippen LogP contribution in [0, 0.1) is 0 Å². The molecule has 10 aromatic carbocycles. The molecule has 0 spiro atoms. The molecule has 0 amide bonds. The van der Waals surface area contributed by atoms with Crippen molar-refractivity contribution in [1.82, 2.24) is 0 Å². The smallest absolute Gasteiger partial charge is 0.0714 e. The van der Waals surface area contributed by atoms with E-state index in [0.717, 1.165) is 11.4 Å². The highest BCUT2D eigenvalue weighted by Crippen LogP contribution is 2.60. The third kappa shape index (κ3) is 4.75. The van der Waals surface area contributed by atoms with Crippen molar-refractivity contribution in [2.45, 2.75) is 17.8 Å². The minimum absolute atomic E-state index is 0.338. The summed E-state index contributed by atoms with van der Waals surface area (Å²) in [5.74, 6) is 0. The predicted octanol–water partition coefficient (Wildman–Crippen LogP) is 15.2. The number of rotatable bonds is 6. The van der Waals surface area contributed by atoms with Gasteiger partial charge in [-0.1, -0.05) is 206 Å². The lowest BCUT2D eigenvalue weighted by molar-refractivity contribution is 0.714. The van der Waals surface area contributed by atoms with Crippen LogP contribution in [0.1, 0.15) is 45.9 Å². The minimum Gasteiger partial charge on any atom is -0.309 e. The number of hydrogen-bond donors (Lipinski definition) is 0. The number of hydrogen-bond acceptors (Lipinski definition) is 1. The molecule has 0 N–H and O–H groups in total. The Labute approximate surface area is 351 Å². The summed E-state index contributed by atoms with van der Waals surface area (Å²) in [6, 6.07) is 85.8. The second-order valence-electron chi connectivity index (χ2n) is 16.5. The molecule has 0 heterocycles. The Balaban J connectivity index is 1.21. The average Bonchev–Trinajstić information content (AvgIpc) is 3.77. The molecule has 282 valence electrons.